The summed E-state index contributed by atoms with van der Waals surface area (Å²) in [7, 11) is 0. The van der Waals surface area contributed by atoms with Crippen LogP contribution in [0.4, 0.5) is 5.13 Å². The van der Waals surface area contributed by atoms with Gasteiger partial charge in [0.05, 0.1) is 22.5 Å². The summed E-state index contributed by atoms with van der Waals surface area (Å²) >= 11 is 1.60. The lowest BCUT2D eigenvalue weighted by Crippen LogP contribution is -2.35. The van der Waals surface area contributed by atoms with Crippen LogP contribution in [0.3, 0.4) is 0 Å². The molecule has 4 nitrogen and oxygen atoms in total. The molecule has 1 aliphatic rings. The average molecular weight is 366 g/mol. The van der Waals surface area contributed by atoms with E-state index in [4.69, 9.17) is 4.98 Å². The van der Waals surface area contributed by atoms with Gasteiger partial charge in [0.2, 0.25) is 5.91 Å². The van der Waals surface area contributed by atoms with Gasteiger partial charge in [-0.2, -0.15) is 0 Å². The Balaban J connectivity index is 1.74. The predicted molar refractivity (Wildman–Crippen MR) is 106 cm³/mol. The summed E-state index contributed by atoms with van der Waals surface area (Å²) in [6.07, 6.45) is 6.04. The van der Waals surface area contributed by atoms with Gasteiger partial charge in [0, 0.05) is 12.1 Å². The number of benzene rings is 1. The van der Waals surface area contributed by atoms with Crippen LogP contribution < -0.4 is 4.90 Å². The normalized spacial score (nSPS) is 14.8. The van der Waals surface area contributed by atoms with Crippen LogP contribution in [0.25, 0.3) is 10.2 Å². The minimum absolute atomic E-state index is 0.119. The van der Waals surface area contributed by atoms with Crippen molar-refractivity contribution in [2.45, 2.75) is 46.1 Å². The second-order valence-electron chi connectivity index (χ2n) is 7.08. The number of pyridine rings is 1. The number of carbonyl (C=O) groups excluding carboxylic acids is 1. The van der Waals surface area contributed by atoms with Gasteiger partial charge in [0.15, 0.2) is 5.13 Å². The molecule has 4 rings (SSSR count). The van der Waals surface area contributed by atoms with E-state index >= 15 is 0 Å². The van der Waals surface area contributed by atoms with Gasteiger partial charge in [-0.1, -0.05) is 36.3 Å². The molecule has 0 aliphatic heterocycles. The largest absolute Gasteiger partial charge is 0.282 e. The summed E-state index contributed by atoms with van der Waals surface area (Å²) in [5.74, 6) is 0.315. The number of fused-ring (bicyclic) bond motifs is 1. The van der Waals surface area contributed by atoms with Gasteiger partial charge in [-0.25, -0.2) is 4.98 Å². The van der Waals surface area contributed by atoms with Crippen molar-refractivity contribution in [2.24, 2.45) is 5.92 Å². The zero-order chi connectivity index (χ0) is 18.1. The fourth-order valence-electron chi connectivity index (χ4n) is 3.62. The molecule has 0 atom stereocenters. The van der Waals surface area contributed by atoms with Crippen molar-refractivity contribution < 1.29 is 4.79 Å². The van der Waals surface area contributed by atoms with Gasteiger partial charge < -0.3 is 0 Å². The highest BCUT2D eigenvalue weighted by Gasteiger charge is 2.30. The number of amides is 1. The van der Waals surface area contributed by atoms with Gasteiger partial charge in [-0.05, 0) is 56.0 Å². The predicted octanol–water partition coefficient (Wildman–Crippen LogP) is 5.03. The first-order chi connectivity index (χ1) is 12.6. The summed E-state index contributed by atoms with van der Waals surface area (Å²) in [5.41, 5.74) is 4.32. The maximum atomic E-state index is 13.2. The van der Waals surface area contributed by atoms with E-state index in [0.29, 0.717) is 6.54 Å². The molecule has 1 saturated carbocycles. The van der Waals surface area contributed by atoms with Crippen molar-refractivity contribution in [3.05, 3.63) is 53.3 Å². The number of carbonyl (C=O) groups is 1. The van der Waals surface area contributed by atoms with E-state index in [1.807, 2.05) is 23.1 Å². The summed E-state index contributed by atoms with van der Waals surface area (Å²) in [6, 6.07) is 10.1. The first kappa shape index (κ1) is 17.2. The molecule has 2 aromatic heterocycles. The maximum Gasteiger partial charge on any atom is 0.232 e. The molecule has 1 aromatic carbocycles. The Morgan fingerprint density at radius 2 is 2.00 bits per heavy atom. The molecule has 2 heterocycles. The van der Waals surface area contributed by atoms with Gasteiger partial charge in [-0.3, -0.25) is 14.7 Å². The lowest BCUT2D eigenvalue weighted by atomic mass is 10.1. The Labute approximate surface area is 157 Å². The average Bonchev–Trinajstić information content (AvgIpc) is 3.33. The first-order valence-electron chi connectivity index (χ1n) is 9.21. The quantitative estimate of drug-likeness (QED) is 0.651. The van der Waals surface area contributed by atoms with Crippen LogP contribution in [0.5, 0.6) is 0 Å². The van der Waals surface area contributed by atoms with Crippen LogP contribution in [0, 0.1) is 19.8 Å². The fourth-order valence-corrected chi connectivity index (χ4v) is 4.65. The topological polar surface area (TPSA) is 46.1 Å². The minimum Gasteiger partial charge on any atom is -0.282 e. The maximum absolute atomic E-state index is 13.2. The Morgan fingerprint density at radius 3 is 2.73 bits per heavy atom. The van der Waals surface area contributed by atoms with Crippen molar-refractivity contribution in [3.63, 3.8) is 0 Å². The Hall–Kier alpha value is -2.27. The molecule has 1 amide bonds. The Bertz CT molecular complexity index is 929. The summed E-state index contributed by atoms with van der Waals surface area (Å²) < 4.78 is 1.13. The molecule has 5 heteroatoms. The third-order valence-electron chi connectivity index (χ3n) is 5.32. The minimum atomic E-state index is 0.119. The number of rotatable bonds is 4. The molecule has 0 radical (unpaired) electrons. The van der Waals surface area contributed by atoms with Gasteiger partial charge in [0.1, 0.15) is 0 Å². The summed E-state index contributed by atoms with van der Waals surface area (Å²) in [6.45, 7) is 4.68. The molecular weight excluding hydrogens is 342 g/mol. The number of aryl methyl sites for hydroxylation is 2. The zero-order valence-corrected chi connectivity index (χ0v) is 16.1. The number of aromatic nitrogens is 2. The number of hydrogen-bond donors (Lipinski definition) is 0. The smallest absolute Gasteiger partial charge is 0.232 e. The van der Waals surface area contributed by atoms with E-state index in [-0.39, 0.29) is 11.8 Å². The van der Waals surface area contributed by atoms with E-state index in [1.165, 1.54) is 11.1 Å². The number of anilines is 1. The van der Waals surface area contributed by atoms with E-state index < -0.39 is 0 Å². The molecule has 0 bridgehead atoms. The molecule has 0 unspecified atom stereocenters. The van der Waals surface area contributed by atoms with Gasteiger partial charge >= 0.3 is 0 Å². The highest BCUT2D eigenvalue weighted by atomic mass is 32.1. The third-order valence-corrected chi connectivity index (χ3v) is 6.36. The standard InChI is InChI=1S/C21H23N3OS/c1-14-10-11-18-19(15(14)2)23-21(26-18)24(13-17-9-5-6-12-22-17)20(25)16-7-3-4-8-16/h5-6,9-12,16H,3-4,7-8,13H2,1-2H3. The molecule has 1 fully saturated rings. The van der Waals surface area contributed by atoms with Gasteiger partial charge in [-0.15, -0.1) is 0 Å². The van der Waals surface area contributed by atoms with E-state index in [2.05, 4.69) is 31.0 Å². The third kappa shape index (κ3) is 3.23. The van der Waals surface area contributed by atoms with E-state index in [9.17, 15) is 4.79 Å². The van der Waals surface area contributed by atoms with Crippen LogP contribution in [-0.4, -0.2) is 15.9 Å². The molecule has 0 spiro atoms. The van der Waals surface area contributed by atoms with Crippen molar-refractivity contribution in [1.29, 1.82) is 0 Å². The molecule has 26 heavy (non-hydrogen) atoms. The lowest BCUT2D eigenvalue weighted by molar-refractivity contribution is -0.122. The molecule has 134 valence electrons. The number of thiazole rings is 1. The lowest BCUT2D eigenvalue weighted by Gasteiger charge is -2.22. The van der Waals surface area contributed by atoms with E-state index in [0.717, 1.165) is 46.7 Å². The Kier molecular flexibility index (Phi) is 4.72. The van der Waals surface area contributed by atoms with Crippen LogP contribution in [0.15, 0.2) is 36.5 Å². The van der Waals surface area contributed by atoms with Crippen molar-refractivity contribution in [3.8, 4) is 0 Å². The number of nitrogens with zero attached hydrogens (tertiary/aromatic N) is 3. The van der Waals surface area contributed by atoms with Crippen LogP contribution in [-0.2, 0) is 11.3 Å². The van der Waals surface area contributed by atoms with Crippen molar-refractivity contribution in [2.75, 3.05) is 4.90 Å². The fraction of sp³-hybridized carbons (Fsp3) is 0.381. The van der Waals surface area contributed by atoms with Gasteiger partial charge in [0.25, 0.3) is 0 Å². The van der Waals surface area contributed by atoms with Crippen molar-refractivity contribution >= 4 is 32.6 Å². The first-order valence-corrected chi connectivity index (χ1v) is 10.0. The van der Waals surface area contributed by atoms with Crippen molar-refractivity contribution in [1.82, 2.24) is 9.97 Å². The summed E-state index contributed by atoms with van der Waals surface area (Å²) in [4.78, 5) is 24.4. The SMILES string of the molecule is Cc1ccc2sc(N(Cc3ccccn3)C(=O)C3CCCC3)nc2c1C. The summed E-state index contributed by atoms with van der Waals surface area (Å²) in [5, 5.41) is 0.788. The Morgan fingerprint density at radius 1 is 1.19 bits per heavy atom. The monoisotopic (exact) mass is 365 g/mol. The highest BCUT2D eigenvalue weighted by Crippen LogP contribution is 2.35. The molecule has 3 aromatic rings. The van der Waals surface area contributed by atoms with Crippen LogP contribution in [0.1, 0.15) is 42.5 Å². The molecule has 0 N–H and O–H groups in total. The molecular formula is C21H23N3OS. The molecule has 1 aliphatic carbocycles. The second-order valence-corrected chi connectivity index (χ2v) is 8.09. The second kappa shape index (κ2) is 7.16. The number of hydrogen-bond acceptors (Lipinski definition) is 4. The van der Waals surface area contributed by atoms with Crippen LogP contribution >= 0.6 is 11.3 Å². The van der Waals surface area contributed by atoms with Crippen LogP contribution in [0.2, 0.25) is 0 Å². The molecule has 0 saturated heterocycles. The van der Waals surface area contributed by atoms with E-state index in [1.54, 1.807) is 17.5 Å². The highest BCUT2D eigenvalue weighted by molar-refractivity contribution is 7.22. The zero-order valence-electron chi connectivity index (χ0n) is 15.2.